The number of nitrogens with one attached hydrogen (secondary N) is 2. The zero-order valence-corrected chi connectivity index (χ0v) is 15.1. The van der Waals surface area contributed by atoms with Crippen LogP contribution >= 0.6 is 11.3 Å². The molecule has 2 aromatic carbocycles. The summed E-state index contributed by atoms with van der Waals surface area (Å²) < 4.78 is 10.7. The molecular formula is C19H17N3O3S. The molecule has 0 radical (unpaired) electrons. The van der Waals surface area contributed by atoms with Crippen LogP contribution in [0.5, 0.6) is 11.5 Å². The van der Waals surface area contributed by atoms with Crippen molar-refractivity contribution in [3.63, 3.8) is 0 Å². The Kier molecular flexibility index (Phi) is 4.22. The maximum Gasteiger partial charge on any atom is 0.275 e. The molecule has 0 spiro atoms. The number of carbonyl (C=O) groups is 1. The fraction of sp³-hybridized carbons (Fsp3) is 0.158. The number of amides is 1. The lowest BCUT2D eigenvalue weighted by Gasteiger charge is -2.09. The average molecular weight is 367 g/mol. The molecule has 2 heterocycles. The van der Waals surface area contributed by atoms with Gasteiger partial charge in [0.2, 0.25) is 6.79 Å². The molecular weight excluding hydrogens is 350 g/mol. The van der Waals surface area contributed by atoms with E-state index in [2.05, 4.69) is 15.6 Å². The topological polar surface area (TPSA) is 72.5 Å². The summed E-state index contributed by atoms with van der Waals surface area (Å²) in [4.78, 5) is 16.8. The van der Waals surface area contributed by atoms with Crippen molar-refractivity contribution in [2.75, 3.05) is 17.4 Å². The van der Waals surface area contributed by atoms with Crippen LogP contribution < -0.4 is 20.1 Å². The van der Waals surface area contributed by atoms with E-state index in [0.717, 1.165) is 28.3 Å². The third-order valence-corrected chi connectivity index (χ3v) is 4.97. The molecule has 4 rings (SSSR count). The van der Waals surface area contributed by atoms with Gasteiger partial charge >= 0.3 is 0 Å². The molecule has 0 saturated carbocycles. The molecule has 0 fully saturated rings. The highest BCUT2D eigenvalue weighted by Gasteiger charge is 2.15. The first-order chi connectivity index (χ1) is 12.6. The average Bonchev–Trinajstić information content (AvgIpc) is 3.28. The van der Waals surface area contributed by atoms with Gasteiger partial charge in [0, 0.05) is 22.8 Å². The molecule has 7 heteroatoms. The minimum Gasteiger partial charge on any atom is -0.454 e. The van der Waals surface area contributed by atoms with Crippen LogP contribution in [-0.4, -0.2) is 17.7 Å². The first-order valence-corrected chi connectivity index (χ1v) is 8.98. The van der Waals surface area contributed by atoms with Crippen LogP contribution in [0.2, 0.25) is 0 Å². The zero-order valence-electron chi connectivity index (χ0n) is 14.3. The Hall–Kier alpha value is -3.06. The number of carbonyl (C=O) groups excluding carboxylic acids is 1. The summed E-state index contributed by atoms with van der Waals surface area (Å²) in [5.41, 5.74) is 4.18. The molecule has 6 nitrogen and oxygen atoms in total. The van der Waals surface area contributed by atoms with Gasteiger partial charge in [0.1, 0.15) is 5.69 Å². The van der Waals surface area contributed by atoms with E-state index in [9.17, 15) is 4.79 Å². The van der Waals surface area contributed by atoms with Gasteiger partial charge in [-0.1, -0.05) is 12.1 Å². The number of aryl methyl sites for hydroxylation is 1. The number of hydrogen-bond donors (Lipinski definition) is 2. The molecule has 0 aliphatic carbocycles. The molecule has 3 aromatic rings. The molecule has 1 amide bonds. The number of benzene rings is 2. The number of thiazole rings is 1. The predicted molar refractivity (Wildman–Crippen MR) is 102 cm³/mol. The third-order valence-electron chi connectivity index (χ3n) is 4.21. The van der Waals surface area contributed by atoms with Gasteiger partial charge in [-0.05, 0) is 43.2 Å². The Morgan fingerprint density at radius 1 is 1.15 bits per heavy atom. The van der Waals surface area contributed by atoms with E-state index in [-0.39, 0.29) is 12.7 Å². The van der Waals surface area contributed by atoms with Gasteiger partial charge in [-0.15, -0.1) is 11.3 Å². The summed E-state index contributed by atoms with van der Waals surface area (Å²) in [5, 5.41) is 8.47. The number of rotatable bonds is 4. The largest absolute Gasteiger partial charge is 0.454 e. The summed E-state index contributed by atoms with van der Waals surface area (Å²) in [6, 6.07) is 11.4. The van der Waals surface area contributed by atoms with E-state index in [1.807, 2.05) is 50.2 Å². The highest BCUT2D eigenvalue weighted by atomic mass is 32.1. The number of aromatic nitrogens is 1. The molecule has 1 aliphatic rings. The van der Waals surface area contributed by atoms with Crippen molar-refractivity contribution in [2.24, 2.45) is 0 Å². The Labute approximate surface area is 154 Å². The van der Waals surface area contributed by atoms with Crippen molar-refractivity contribution in [1.82, 2.24) is 4.98 Å². The van der Waals surface area contributed by atoms with Gasteiger partial charge in [-0.3, -0.25) is 4.79 Å². The predicted octanol–water partition coefficient (Wildman–Crippen LogP) is 4.48. The Morgan fingerprint density at radius 2 is 2.00 bits per heavy atom. The molecule has 0 bridgehead atoms. The Balaban J connectivity index is 1.47. The van der Waals surface area contributed by atoms with E-state index in [4.69, 9.17) is 9.47 Å². The lowest BCUT2D eigenvalue weighted by atomic mass is 10.1. The number of hydrogen-bond acceptors (Lipinski definition) is 6. The number of fused-ring (bicyclic) bond motifs is 1. The van der Waals surface area contributed by atoms with Crippen LogP contribution in [0, 0.1) is 13.8 Å². The van der Waals surface area contributed by atoms with Crippen LogP contribution in [0.15, 0.2) is 41.8 Å². The van der Waals surface area contributed by atoms with Crippen LogP contribution in [0.1, 0.15) is 21.6 Å². The van der Waals surface area contributed by atoms with Gasteiger partial charge < -0.3 is 20.1 Å². The fourth-order valence-electron chi connectivity index (χ4n) is 2.61. The van der Waals surface area contributed by atoms with Crippen molar-refractivity contribution < 1.29 is 14.3 Å². The van der Waals surface area contributed by atoms with Crippen LogP contribution in [0.4, 0.5) is 16.5 Å². The SMILES string of the molecule is Cc1cccc(NC(=O)c2csc(Nc3ccc4c(c3)OCO4)n2)c1C. The molecule has 0 saturated heterocycles. The molecule has 132 valence electrons. The minimum atomic E-state index is -0.228. The summed E-state index contributed by atoms with van der Waals surface area (Å²) >= 11 is 1.37. The van der Waals surface area contributed by atoms with Crippen LogP contribution in [0.25, 0.3) is 0 Å². The van der Waals surface area contributed by atoms with E-state index in [0.29, 0.717) is 16.6 Å². The Bertz CT molecular complexity index is 984. The van der Waals surface area contributed by atoms with Gasteiger partial charge in [0.25, 0.3) is 5.91 Å². The van der Waals surface area contributed by atoms with E-state index in [1.165, 1.54) is 11.3 Å². The molecule has 0 unspecified atom stereocenters. The standard InChI is InChI=1S/C19H17N3O3S/c1-11-4-3-5-14(12(11)2)21-18(23)15-9-26-19(22-15)20-13-6-7-16-17(8-13)25-10-24-16/h3-9H,10H2,1-2H3,(H,20,22)(H,21,23). The van der Waals surface area contributed by atoms with Gasteiger partial charge in [-0.25, -0.2) is 4.98 Å². The molecule has 1 aliphatic heterocycles. The second-order valence-corrected chi connectivity index (χ2v) is 6.79. The lowest BCUT2D eigenvalue weighted by molar-refractivity contribution is 0.102. The third kappa shape index (κ3) is 3.21. The molecule has 2 N–H and O–H groups in total. The second-order valence-electron chi connectivity index (χ2n) is 5.93. The molecule has 26 heavy (non-hydrogen) atoms. The van der Waals surface area contributed by atoms with Gasteiger partial charge in [0.15, 0.2) is 16.6 Å². The van der Waals surface area contributed by atoms with Crippen molar-refractivity contribution in [1.29, 1.82) is 0 Å². The van der Waals surface area contributed by atoms with Crippen molar-refractivity contribution in [3.05, 3.63) is 58.6 Å². The van der Waals surface area contributed by atoms with Crippen molar-refractivity contribution >= 4 is 33.8 Å². The minimum absolute atomic E-state index is 0.228. The highest BCUT2D eigenvalue weighted by Crippen LogP contribution is 2.35. The first-order valence-electron chi connectivity index (χ1n) is 8.10. The van der Waals surface area contributed by atoms with E-state index < -0.39 is 0 Å². The monoisotopic (exact) mass is 367 g/mol. The summed E-state index contributed by atoms with van der Waals surface area (Å²) in [6.07, 6.45) is 0. The van der Waals surface area contributed by atoms with Crippen LogP contribution in [0.3, 0.4) is 0 Å². The second kappa shape index (κ2) is 6.68. The van der Waals surface area contributed by atoms with E-state index >= 15 is 0 Å². The number of nitrogens with zero attached hydrogens (tertiary/aromatic N) is 1. The van der Waals surface area contributed by atoms with Gasteiger partial charge in [0.05, 0.1) is 0 Å². The van der Waals surface area contributed by atoms with E-state index in [1.54, 1.807) is 5.38 Å². The van der Waals surface area contributed by atoms with Gasteiger partial charge in [-0.2, -0.15) is 0 Å². The van der Waals surface area contributed by atoms with Crippen LogP contribution in [-0.2, 0) is 0 Å². The normalized spacial score (nSPS) is 12.1. The zero-order chi connectivity index (χ0) is 18.1. The quantitative estimate of drug-likeness (QED) is 0.711. The summed E-state index contributed by atoms with van der Waals surface area (Å²) in [7, 11) is 0. The number of anilines is 3. The Morgan fingerprint density at radius 3 is 2.88 bits per heavy atom. The number of ether oxygens (including phenoxy) is 2. The molecule has 0 atom stereocenters. The summed E-state index contributed by atoms with van der Waals surface area (Å²) in [6.45, 7) is 4.23. The van der Waals surface area contributed by atoms with Crippen molar-refractivity contribution in [3.8, 4) is 11.5 Å². The maximum atomic E-state index is 12.5. The fourth-order valence-corrected chi connectivity index (χ4v) is 3.32. The molecule has 1 aromatic heterocycles. The summed E-state index contributed by atoms with van der Waals surface area (Å²) in [5.74, 6) is 1.19. The van der Waals surface area contributed by atoms with Crippen molar-refractivity contribution in [2.45, 2.75) is 13.8 Å². The highest BCUT2D eigenvalue weighted by molar-refractivity contribution is 7.14. The lowest BCUT2D eigenvalue weighted by Crippen LogP contribution is -2.13. The smallest absolute Gasteiger partial charge is 0.275 e. The first kappa shape index (κ1) is 16.4. The maximum absolute atomic E-state index is 12.5.